The van der Waals surface area contributed by atoms with E-state index in [1.54, 1.807) is 38.5 Å². The summed E-state index contributed by atoms with van der Waals surface area (Å²) in [6.07, 6.45) is 7.28. The number of halogens is 2. The lowest BCUT2D eigenvalue weighted by molar-refractivity contribution is 0.294. The highest BCUT2D eigenvalue weighted by atomic mass is 127. The third kappa shape index (κ3) is 8.96. The molecule has 0 unspecified atom stereocenters. The van der Waals surface area contributed by atoms with Gasteiger partial charge in [0.25, 0.3) is 0 Å². The standard InChI is InChI=1S/C36H36I2O8/c1-41-25-11-13-27-23(17-35(39)45-31(27)19-25)9-5-3-7-15-43-33-21-30(38)34(22-29(33)37)44-16-8-4-6-10-24-18-36(40)46-32-20-26(42-2)12-14-28(24)32/h11-14,17-22H,3-10,15-16H2,1-2H3. The van der Waals surface area contributed by atoms with Crippen LogP contribution < -0.4 is 30.2 Å². The lowest BCUT2D eigenvalue weighted by Gasteiger charge is -2.13. The van der Waals surface area contributed by atoms with Crippen LogP contribution in [-0.2, 0) is 12.8 Å². The van der Waals surface area contributed by atoms with Crippen molar-refractivity contribution in [2.45, 2.75) is 51.4 Å². The van der Waals surface area contributed by atoms with Crippen LogP contribution in [0, 0.1) is 7.14 Å². The number of aryl methyl sites for hydroxylation is 2. The molecule has 46 heavy (non-hydrogen) atoms. The maximum atomic E-state index is 12.0. The lowest BCUT2D eigenvalue weighted by Crippen LogP contribution is -2.04. The second-order valence-corrected chi connectivity index (χ2v) is 13.3. The van der Waals surface area contributed by atoms with Gasteiger partial charge in [0, 0.05) is 35.0 Å². The Hall–Kier alpha value is -3.26. The molecule has 0 saturated heterocycles. The number of methoxy groups -OCH3 is 2. The van der Waals surface area contributed by atoms with Crippen LogP contribution in [0.5, 0.6) is 23.0 Å². The number of fused-ring (bicyclic) bond motifs is 2. The van der Waals surface area contributed by atoms with Crippen molar-refractivity contribution in [1.29, 1.82) is 0 Å². The van der Waals surface area contributed by atoms with Crippen LogP contribution in [0.25, 0.3) is 21.9 Å². The van der Waals surface area contributed by atoms with E-state index in [2.05, 4.69) is 45.2 Å². The molecule has 0 N–H and O–H groups in total. The predicted molar refractivity (Wildman–Crippen MR) is 196 cm³/mol. The van der Waals surface area contributed by atoms with Crippen molar-refractivity contribution < 1.29 is 27.8 Å². The summed E-state index contributed by atoms with van der Waals surface area (Å²) in [6.45, 7) is 1.24. The van der Waals surface area contributed by atoms with Crippen LogP contribution in [0.2, 0.25) is 0 Å². The summed E-state index contributed by atoms with van der Waals surface area (Å²) in [6, 6.07) is 18.4. The zero-order valence-corrected chi connectivity index (χ0v) is 30.2. The summed E-state index contributed by atoms with van der Waals surface area (Å²) in [5, 5.41) is 1.89. The molecular formula is C36H36I2O8. The van der Waals surface area contributed by atoms with Crippen molar-refractivity contribution in [2.24, 2.45) is 0 Å². The average molecular weight is 850 g/mol. The van der Waals surface area contributed by atoms with Gasteiger partial charge in [-0.2, -0.15) is 0 Å². The van der Waals surface area contributed by atoms with Gasteiger partial charge in [-0.3, -0.25) is 0 Å². The average Bonchev–Trinajstić information content (AvgIpc) is 3.04. The number of ether oxygens (including phenoxy) is 4. The van der Waals surface area contributed by atoms with E-state index in [-0.39, 0.29) is 11.3 Å². The van der Waals surface area contributed by atoms with Gasteiger partial charge in [-0.15, -0.1) is 0 Å². The minimum atomic E-state index is -0.341. The molecule has 0 atom stereocenters. The van der Waals surface area contributed by atoms with Crippen LogP contribution in [0.3, 0.4) is 0 Å². The zero-order valence-electron chi connectivity index (χ0n) is 25.9. The molecule has 5 aromatic rings. The van der Waals surface area contributed by atoms with Crippen LogP contribution in [0.4, 0.5) is 0 Å². The summed E-state index contributed by atoms with van der Waals surface area (Å²) in [4.78, 5) is 24.1. The van der Waals surface area contributed by atoms with E-state index in [0.717, 1.165) is 91.9 Å². The molecule has 2 aromatic heterocycles. The molecule has 8 nitrogen and oxygen atoms in total. The van der Waals surface area contributed by atoms with Crippen molar-refractivity contribution in [3.63, 3.8) is 0 Å². The first-order valence-electron chi connectivity index (χ1n) is 15.3. The summed E-state index contributed by atoms with van der Waals surface area (Å²) >= 11 is 4.59. The third-order valence-electron chi connectivity index (χ3n) is 7.76. The maximum absolute atomic E-state index is 12.0. The molecule has 242 valence electrons. The Kier molecular flexibility index (Phi) is 12.2. The van der Waals surface area contributed by atoms with Crippen LogP contribution >= 0.6 is 45.2 Å². The summed E-state index contributed by atoms with van der Waals surface area (Å²) < 4.78 is 35.5. The molecule has 0 bridgehead atoms. The van der Waals surface area contributed by atoms with Crippen LogP contribution in [0.15, 0.2) is 79.1 Å². The second-order valence-electron chi connectivity index (χ2n) is 10.9. The highest BCUT2D eigenvalue weighted by molar-refractivity contribution is 14.1. The monoisotopic (exact) mass is 850 g/mol. The van der Waals surface area contributed by atoms with Gasteiger partial charge in [0.05, 0.1) is 34.6 Å². The summed E-state index contributed by atoms with van der Waals surface area (Å²) in [5.74, 6) is 3.04. The molecule has 0 spiro atoms. The number of hydrogen-bond acceptors (Lipinski definition) is 8. The zero-order chi connectivity index (χ0) is 32.5. The fourth-order valence-corrected chi connectivity index (χ4v) is 6.56. The van der Waals surface area contributed by atoms with E-state index in [0.29, 0.717) is 35.9 Å². The van der Waals surface area contributed by atoms with E-state index in [4.69, 9.17) is 27.8 Å². The van der Waals surface area contributed by atoms with Gasteiger partial charge in [0.2, 0.25) is 0 Å². The van der Waals surface area contributed by atoms with Gasteiger partial charge in [-0.05, 0) is 144 Å². The highest BCUT2D eigenvalue weighted by Crippen LogP contribution is 2.32. The van der Waals surface area contributed by atoms with Crippen LogP contribution in [-0.4, -0.2) is 27.4 Å². The molecule has 2 heterocycles. The first-order chi connectivity index (χ1) is 22.3. The van der Waals surface area contributed by atoms with E-state index in [9.17, 15) is 9.59 Å². The molecule has 0 aliphatic rings. The largest absolute Gasteiger partial charge is 0.497 e. The van der Waals surface area contributed by atoms with Crippen LogP contribution in [0.1, 0.15) is 49.7 Å². The number of hydrogen-bond donors (Lipinski definition) is 0. The first kappa shape index (κ1) is 34.1. The van der Waals surface area contributed by atoms with Gasteiger partial charge < -0.3 is 27.8 Å². The van der Waals surface area contributed by atoms with E-state index >= 15 is 0 Å². The molecule has 0 fully saturated rings. The van der Waals surface area contributed by atoms with E-state index < -0.39 is 0 Å². The van der Waals surface area contributed by atoms with Gasteiger partial charge in [-0.25, -0.2) is 9.59 Å². The molecule has 10 heteroatoms. The van der Waals surface area contributed by atoms with Gasteiger partial charge >= 0.3 is 11.3 Å². The molecule has 0 aliphatic carbocycles. The summed E-state index contributed by atoms with van der Waals surface area (Å²) in [5.41, 5.74) is 2.41. The third-order valence-corrected chi connectivity index (χ3v) is 9.44. The molecule has 0 aliphatic heterocycles. The Morgan fingerprint density at radius 3 is 1.41 bits per heavy atom. The first-order valence-corrected chi connectivity index (χ1v) is 17.5. The van der Waals surface area contributed by atoms with Gasteiger partial charge in [0.1, 0.15) is 34.2 Å². The lowest BCUT2D eigenvalue weighted by atomic mass is 10.0. The second kappa shape index (κ2) is 16.5. The maximum Gasteiger partial charge on any atom is 0.336 e. The summed E-state index contributed by atoms with van der Waals surface area (Å²) in [7, 11) is 3.19. The molecule has 0 saturated carbocycles. The quantitative estimate of drug-likeness (QED) is 0.0553. The minimum absolute atomic E-state index is 0.341. The Labute approximate surface area is 294 Å². The Morgan fingerprint density at radius 1 is 0.565 bits per heavy atom. The fourth-order valence-electron chi connectivity index (χ4n) is 5.37. The fraction of sp³-hybridized carbons (Fsp3) is 0.333. The number of benzene rings is 3. The SMILES string of the molecule is COc1ccc2c(CCCCCOc3cc(I)c(OCCCCCc4cc(=O)oc5cc(OC)ccc45)cc3I)cc(=O)oc2c1. The smallest absolute Gasteiger partial charge is 0.336 e. The van der Waals surface area contributed by atoms with Gasteiger partial charge in [0.15, 0.2) is 0 Å². The highest BCUT2D eigenvalue weighted by Gasteiger charge is 2.11. The molecule has 3 aromatic carbocycles. The van der Waals surface area contributed by atoms with E-state index in [1.807, 2.05) is 36.4 Å². The Bertz CT molecular complexity index is 1770. The van der Waals surface area contributed by atoms with Crippen molar-refractivity contribution in [3.05, 3.63) is 99.8 Å². The molecule has 5 rings (SSSR count). The Morgan fingerprint density at radius 2 is 1.00 bits per heavy atom. The molecule has 0 amide bonds. The normalized spacial score (nSPS) is 11.2. The Balaban J connectivity index is 1.02. The molecule has 0 radical (unpaired) electrons. The minimum Gasteiger partial charge on any atom is -0.497 e. The van der Waals surface area contributed by atoms with Crippen molar-refractivity contribution in [2.75, 3.05) is 27.4 Å². The van der Waals surface area contributed by atoms with Crippen molar-refractivity contribution in [3.8, 4) is 23.0 Å². The topological polar surface area (TPSA) is 97.3 Å². The van der Waals surface area contributed by atoms with E-state index in [1.165, 1.54) is 0 Å². The van der Waals surface area contributed by atoms with Crippen molar-refractivity contribution >= 4 is 67.1 Å². The molecular weight excluding hydrogens is 814 g/mol. The van der Waals surface area contributed by atoms with Crippen molar-refractivity contribution in [1.82, 2.24) is 0 Å². The van der Waals surface area contributed by atoms with Gasteiger partial charge in [-0.1, -0.05) is 0 Å². The number of unbranched alkanes of at least 4 members (excludes halogenated alkanes) is 4. The predicted octanol–water partition coefficient (Wildman–Crippen LogP) is 8.71. The number of rotatable bonds is 16.